The van der Waals surface area contributed by atoms with Crippen LogP contribution in [0, 0.1) is 5.92 Å². The Morgan fingerprint density at radius 2 is 1.51 bits per heavy atom. The van der Waals surface area contributed by atoms with Crippen molar-refractivity contribution < 1.29 is 43.1 Å². The predicted molar refractivity (Wildman–Crippen MR) is 274 cm³/mol. The lowest BCUT2D eigenvalue weighted by Gasteiger charge is -2.39. The number of imidazole rings is 1. The second kappa shape index (κ2) is 22.8. The van der Waals surface area contributed by atoms with Gasteiger partial charge in [0, 0.05) is 38.9 Å². The molecule has 3 aromatic carbocycles. The number of carbonyl (C=O) groups is 8. The maximum absolute atomic E-state index is 14.7. The number of rotatable bonds is 17. The molecule has 1 saturated carbocycles. The number of aromatic nitrogens is 2. The third kappa shape index (κ3) is 12.4. The first-order valence-electron chi connectivity index (χ1n) is 26.0. The van der Waals surface area contributed by atoms with Crippen LogP contribution in [0.4, 0.5) is 4.79 Å². The summed E-state index contributed by atoms with van der Waals surface area (Å²) in [6, 6.07) is 19.5. The van der Waals surface area contributed by atoms with Crippen molar-refractivity contribution in [2.75, 3.05) is 13.1 Å². The third-order valence-electron chi connectivity index (χ3n) is 15.0. The van der Waals surface area contributed by atoms with Gasteiger partial charge >= 0.3 is 11.8 Å². The van der Waals surface area contributed by atoms with E-state index in [9.17, 15) is 43.2 Å². The largest absolute Gasteiger partial charge is 0.444 e. The number of nitrogens with zero attached hydrogens (tertiary/aromatic N) is 4. The number of ether oxygens (including phenoxy) is 1. The lowest BCUT2D eigenvalue weighted by molar-refractivity contribution is -0.146. The number of hydrogen-bond acceptors (Lipinski definition) is 10. The molecule has 394 valence electrons. The number of nitrogens with two attached hydrogens (primary N) is 1. The molecule has 3 saturated heterocycles. The zero-order chi connectivity index (χ0) is 52.8. The van der Waals surface area contributed by atoms with Gasteiger partial charge in [0.1, 0.15) is 29.8 Å². The summed E-state index contributed by atoms with van der Waals surface area (Å²) in [5, 5.41) is 11.0. The number of imide groups is 1. The van der Waals surface area contributed by atoms with Crippen LogP contribution >= 0.6 is 0 Å². The van der Waals surface area contributed by atoms with Crippen molar-refractivity contribution in [1.82, 2.24) is 40.2 Å². The van der Waals surface area contributed by atoms with Crippen LogP contribution in [0.2, 0.25) is 0 Å². The molecule has 5 atom stereocenters. The Morgan fingerprint density at radius 1 is 0.824 bits per heavy atom. The van der Waals surface area contributed by atoms with Gasteiger partial charge in [-0.3, -0.25) is 48.0 Å². The lowest BCUT2D eigenvalue weighted by Crippen LogP contribution is -2.62. The van der Waals surface area contributed by atoms with Crippen LogP contribution in [0.15, 0.2) is 83.7 Å². The van der Waals surface area contributed by atoms with E-state index in [2.05, 4.69) is 21.3 Å². The topological polar surface area (TPSA) is 253 Å². The highest BCUT2D eigenvalue weighted by atomic mass is 16.6. The van der Waals surface area contributed by atoms with Crippen molar-refractivity contribution in [2.45, 2.75) is 152 Å². The van der Waals surface area contributed by atoms with E-state index in [4.69, 9.17) is 10.5 Å². The number of aryl methyl sites for hydroxylation is 1. The van der Waals surface area contributed by atoms with Crippen molar-refractivity contribution in [3.63, 3.8) is 0 Å². The number of benzene rings is 3. The molecule has 4 fully saturated rings. The molecule has 74 heavy (non-hydrogen) atoms. The van der Waals surface area contributed by atoms with Gasteiger partial charge in [-0.15, -0.1) is 0 Å². The molecular formula is C55H69N9O10. The van der Waals surface area contributed by atoms with Gasteiger partial charge in [0.15, 0.2) is 0 Å². The SMILES string of the molecule is Cn1c(=O)n(C2CCC(=O)NC2=O)c2ccc(C3CC(CCCCC(=O)N4CC[C@H]5CC[C@@H](C(=O)NC(CCC(N)=O)C(=O)NC(c6ccccc6)c6ccccc6)N5C(=O)[C@@H](NC(=O)OC(C)(C)C)C4)C3)cc21. The van der Waals surface area contributed by atoms with Crippen LogP contribution in [0.5, 0.6) is 0 Å². The van der Waals surface area contributed by atoms with E-state index in [1.54, 1.807) is 37.3 Å². The summed E-state index contributed by atoms with van der Waals surface area (Å²) in [6.07, 6.45) is 5.02. The fourth-order valence-electron chi connectivity index (χ4n) is 11.1. The van der Waals surface area contributed by atoms with Gasteiger partial charge in [-0.25, -0.2) is 9.59 Å². The average molecular weight is 1020 g/mol. The number of hydrogen-bond donors (Lipinski definition) is 5. The van der Waals surface area contributed by atoms with Gasteiger partial charge in [0.05, 0.1) is 23.6 Å². The Bertz CT molecular complexity index is 2780. The first-order chi connectivity index (χ1) is 35.3. The molecule has 1 aliphatic carbocycles. The number of fused-ring (bicyclic) bond motifs is 2. The van der Waals surface area contributed by atoms with Gasteiger partial charge in [-0.05, 0) is 113 Å². The van der Waals surface area contributed by atoms with Crippen LogP contribution < -0.4 is 32.7 Å². The van der Waals surface area contributed by atoms with Gasteiger partial charge in [-0.2, -0.15) is 0 Å². The molecule has 8 rings (SSSR count). The number of primary amides is 1. The summed E-state index contributed by atoms with van der Waals surface area (Å²) in [4.78, 5) is 123. The Labute approximate surface area is 430 Å². The Balaban J connectivity index is 0.881. The second-order valence-electron chi connectivity index (χ2n) is 21.4. The molecule has 1 aromatic heterocycles. The smallest absolute Gasteiger partial charge is 0.408 e. The minimum absolute atomic E-state index is 0.0817. The molecule has 19 nitrogen and oxygen atoms in total. The summed E-state index contributed by atoms with van der Waals surface area (Å²) in [5.74, 6) is -2.48. The maximum atomic E-state index is 14.7. The minimum Gasteiger partial charge on any atom is -0.444 e. The Hall–Kier alpha value is -7.31. The van der Waals surface area contributed by atoms with E-state index in [0.29, 0.717) is 36.6 Å². The average Bonchev–Trinajstić information content (AvgIpc) is 3.88. The van der Waals surface area contributed by atoms with E-state index < -0.39 is 77.5 Å². The number of alkyl carbamates (subject to hydrolysis) is 1. The molecule has 0 radical (unpaired) electrons. The first-order valence-corrected chi connectivity index (χ1v) is 26.0. The molecule has 19 heteroatoms. The molecule has 0 spiro atoms. The third-order valence-corrected chi connectivity index (χ3v) is 15.0. The monoisotopic (exact) mass is 1020 g/mol. The fourth-order valence-corrected chi connectivity index (χ4v) is 11.1. The van der Waals surface area contributed by atoms with E-state index in [-0.39, 0.29) is 69.1 Å². The van der Waals surface area contributed by atoms with Gasteiger partial charge in [0.25, 0.3) is 0 Å². The summed E-state index contributed by atoms with van der Waals surface area (Å²) in [5.41, 5.74) is 8.47. The standard InChI is InChI=1S/C55H69N9O10/c1-55(2,3)74-53(72)58-40-32-62(47(67)18-12-11-13-33-29-37(30-33)36-19-22-41-44(31-36)61(4)54(73)64(41)43-24-26-46(66)59-51(43)70)28-27-38-20-23-42(63(38)52(40)71)50(69)57-39(21-25-45(56)65)49(68)60-48(34-14-7-5-8-15-34)35-16-9-6-10-17-35/h5-10,14-17,19,22,31,33,37-40,42-43,48H,11-13,18,20-21,23-30,32H2,1-4H3,(H2,56,65)(H,57,69)(H,58,72)(H,60,68)(H,59,66,70)/t33?,37?,38-,39?,40+,42+,43?/m1/s1. The fraction of sp³-hybridized carbons (Fsp3) is 0.509. The van der Waals surface area contributed by atoms with Crippen molar-refractivity contribution in [1.29, 1.82) is 0 Å². The number of unbranched alkanes of at least 4 members (excludes halogenated alkanes) is 1. The highest BCUT2D eigenvalue weighted by Gasteiger charge is 2.46. The van der Waals surface area contributed by atoms with Crippen LogP contribution in [-0.2, 0) is 45.3 Å². The number of nitrogens with one attached hydrogen (secondary N) is 4. The van der Waals surface area contributed by atoms with Gasteiger partial charge < -0.3 is 36.2 Å². The summed E-state index contributed by atoms with van der Waals surface area (Å²) >= 11 is 0. The summed E-state index contributed by atoms with van der Waals surface area (Å²) < 4.78 is 8.59. The van der Waals surface area contributed by atoms with Crippen molar-refractivity contribution in [3.8, 4) is 0 Å². The van der Waals surface area contributed by atoms with E-state index in [1.165, 1.54) is 9.47 Å². The Kier molecular flexibility index (Phi) is 16.4. The molecule has 6 N–H and O–H groups in total. The van der Waals surface area contributed by atoms with Crippen LogP contribution in [-0.4, -0.2) is 109 Å². The number of amides is 8. The minimum atomic E-state index is -1.24. The highest BCUT2D eigenvalue weighted by Crippen LogP contribution is 2.45. The molecule has 2 unspecified atom stereocenters. The van der Waals surface area contributed by atoms with E-state index in [1.807, 2.05) is 78.9 Å². The molecular weight excluding hydrogens is 947 g/mol. The van der Waals surface area contributed by atoms with E-state index >= 15 is 0 Å². The molecule has 4 aromatic rings. The molecule has 3 aliphatic heterocycles. The van der Waals surface area contributed by atoms with Crippen molar-refractivity contribution >= 4 is 58.5 Å². The van der Waals surface area contributed by atoms with Crippen LogP contribution in [0.25, 0.3) is 11.0 Å². The summed E-state index contributed by atoms with van der Waals surface area (Å²) in [7, 11) is 1.69. The normalized spacial score (nSPS) is 22.5. The molecule has 4 aliphatic rings. The molecule has 8 amide bonds. The predicted octanol–water partition coefficient (Wildman–Crippen LogP) is 4.51. The zero-order valence-corrected chi connectivity index (χ0v) is 42.7. The van der Waals surface area contributed by atoms with Gasteiger partial charge in [0.2, 0.25) is 41.4 Å². The Morgan fingerprint density at radius 3 is 2.16 bits per heavy atom. The maximum Gasteiger partial charge on any atom is 0.408 e. The lowest BCUT2D eigenvalue weighted by atomic mass is 9.69. The van der Waals surface area contributed by atoms with Gasteiger partial charge in [-0.1, -0.05) is 79.6 Å². The first kappa shape index (κ1) is 53.0. The quantitative estimate of drug-likeness (QED) is 0.0731. The number of carbonyl (C=O) groups excluding carboxylic acids is 8. The molecule has 4 heterocycles. The van der Waals surface area contributed by atoms with Crippen molar-refractivity contribution in [3.05, 3.63) is 106 Å². The summed E-state index contributed by atoms with van der Waals surface area (Å²) in [6.45, 7) is 5.26. The van der Waals surface area contributed by atoms with Crippen LogP contribution in [0.3, 0.4) is 0 Å². The van der Waals surface area contributed by atoms with Crippen molar-refractivity contribution in [2.24, 2.45) is 18.7 Å². The molecule has 0 bridgehead atoms. The second-order valence-corrected chi connectivity index (χ2v) is 21.4. The van der Waals surface area contributed by atoms with Crippen LogP contribution in [0.1, 0.15) is 139 Å². The van der Waals surface area contributed by atoms with E-state index in [0.717, 1.165) is 47.9 Å². The highest BCUT2D eigenvalue weighted by molar-refractivity contribution is 6.00. The number of piperidine rings is 1. The zero-order valence-electron chi connectivity index (χ0n) is 42.7.